The Morgan fingerprint density at radius 3 is 2.42 bits per heavy atom. The summed E-state index contributed by atoms with van der Waals surface area (Å²) in [6.07, 6.45) is 5.24. The predicted octanol–water partition coefficient (Wildman–Crippen LogP) is 5.99. The van der Waals surface area contributed by atoms with E-state index in [1.54, 1.807) is 0 Å². The Kier molecular flexibility index (Phi) is 3.72. The third kappa shape index (κ3) is 2.24. The topological polar surface area (TPSA) is 0 Å². The summed E-state index contributed by atoms with van der Waals surface area (Å²) < 4.78 is 0. The van der Waals surface area contributed by atoms with Crippen LogP contribution >= 0.6 is 31.9 Å². The molecule has 0 saturated carbocycles. The van der Waals surface area contributed by atoms with Crippen LogP contribution in [0.2, 0.25) is 0 Å². The van der Waals surface area contributed by atoms with Crippen LogP contribution in [0.3, 0.4) is 0 Å². The van der Waals surface area contributed by atoms with E-state index < -0.39 is 0 Å². The molecule has 0 spiro atoms. The maximum atomic E-state index is 3.40. The fourth-order valence-corrected chi connectivity index (χ4v) is 3.28. The molecule has 0 bridgehead atoms. The van der Waals surface area contributed by atoms with Gasteiger partial charge in [0.2, 0.25) is 0 Å². The molecule has 0 nitrogen and oxygen atoms in total. The molecule has 3 rings (SSSR count). The monoisotopic (exact) mass is 374 g/mol. The third-order valence-electron chi connectivity index (χ3n) is 3.54. The van der Waals surface area contributed by atoms with E-state index in [0.29, 0.717) is 0 Å². The zero-order valence-corrected chi connectivity index (χ0v) is 13.4. The minimum atomic E-state index is 1.02. The molecule has 0 radical (unpaired) electrons. The minimum absolute atomic E-state index is 1.02. The molecule has 19 heavy (non-hydrogen) atoms. The largest absolute Gasteiger partial charge is 0.0619 e. The maximum absolute atomic E-state index is 3.40. The molecule has 0 aromatic heterocycles. The first-order valence-electron chi connectivity index (χ1n) is 6.13. The molecule has 2 heteroatoms. The second-order valence-corrected chi connectivity index (χ2v) is 5.57. The van der Waals surface area contributed by atoms with Gasteiger partial charge in [-0.25, -0.2) is 0 Å². The summed E-state index contributed by atoms with van der Waals surface area (Å²) in [5, 5.41) is 0. The van der Waals surface area contributed by atoms with Gasteiger partial charge in [0.1, 0.15) is 0 Å². The summed E-state index contributed by atoms with van der Waals surface area (Å²) >= 11 is 6.76. The summed E-state index contributed by atoms with van der Waals surface area (Å²) in [5.41, 5.74) is 8.10. The second-order valence-electron chi connectivity index (χ2n) is 4.51. The molecule has 94 valence electrons. The highest BCUT2D eigenvalue weighted by Gasteiger charge is 2.20. The maximum Gasteiger partial charge on any atom is -0.000728 e. The van der Waals surface area contributed by atoms with Gasteiger partial charge in [0.15, 0.2) is 0 Å². The van der Waals surface area contributed by atoms with Crippen molar-refractivity contribution in [3.8, 4) is 11.1 Å². The molecule has 2 aromatic carbocycles. The number of hydrogen-bond donors (Lipinski definition) is 0. The van der Waals surface area contributed by atoms with Gasteiger partial charge in [-0.05, 0) is 61.9 Å². The normalized spacial score (nSPS) is 13.2. The van der Waals surface area contributed by atoms with E-state index in [0.717, 1.165) is 6.42 Å². The molecule has 0 aliphatic heterocycles. The number of halogens is 2. The predicted molar refractivity (Wildman–Crippen MR) is 90.6 cm³/mol. The van der Waals surface area contributed by atoms with Crippen LogP contribution in [-0.4, -0.2) is 0 Å². The summed E-state index contributed by atoms with van der Waals surface area (Å²) in [6.45, 7) is 0. The molecule has 1 aliphatic rings. The van der Waals surface area contributed by atoms with Gasteiger partial charge in [0.25, 0.3) is 0 Å². The molecule has 0 fully saturated rings. The van der Waals surface area contributed by atoms with Gasteiger partial charge in [0.05, 0.1) is 0 Å². The number of rotatable bonds is 2. The summed E-state index contributed by atoms with van der Waals surface area (Å²) in [4.78, 5) is 3.83. The standard InChI is InChI=1S/C17H12Br2/c18-9-7-12-5-6-16-14-4-2-1-3-13(14)11-17(16)15(12)8-10-19/h1-10H,11H2/b9-7+,10-8+. The Bertz CT molecular complexity index is 682. The highest BCUT2D eigenvalue weighted by Crippen LogP contribution is 2.40. The van der Waals surface area contributed by atoms with E-state index in [1.807, 2.05) is 9.97 Å². The molecule has 0 N–H and O–H groups in total. The Hall–Kier alpha value is -1.12. The van der Waals surface area contributed by atoms with Crippen LogP contribution < -0.4 is 0 Å². The van der Waals surface area contributed by atoms with E-state index in [4.69, 9.17) is 0 Å². The van der Waals surface area contributed by atoms with Crippen molar-refractivity contribution in [2.75, 3.05) is 0 Å². The first-order chi connectivity index (χ1) is 9.35. The van der Waals surface area contributed by atoms with Gasteiger partial charge < -0.3 is 0 Å². The lowest BCUT2D eigenvalue weighted by atomic mass is 9.96. The minimum Gasteiger partial charge on any atom is -0.0619 e. The van der Waals surface area contributed by atoms with Crippen LogP contribution in [0.5, 0.6) is 0 Å². The highest BCUT2D eigenvalue weighted by atomic mass is 79.9. The molecule has 0 atom stereocenters. The smallest absolute Gasteiger partial charge is 0.000728 e. The van der Waals surface area contributed by atoms with E-state index in [2.05, 4.69) is 80.4 Å². The fourth-order valence-electron chi connectivity index (χ4n) is 2.73. The van der Waals surface area contributed by atoms with Gasteiger partial charge in [-0.1, -0.05) is 68.3 Å². The van der Waals surface area contributed by atoms with Crippen LogP contribution in [0.1, 0.15) is 22.3 Å². The van der Waals surface area contributed by atoms with Crippen molar-refractivity contribution in [1.82, 2.24) is 0 Å². The summed E-state index contributed by atoms with van der Waals surface area (Å²) in [7, 11) is 0. The average Bonchev–Trinajstić information content (AvgIpc) is 2.81. The van der Waals surface area contributed by atoms with E-state index in [1.165, 1.54) is 33.4 Å². The van der Waals surface area contributed by atoms with Crippen molar-refractivity contribution >= 4 is 44.0 Å². The van der Waals surface area contributed by atoms with Gasteiger partial charge in [-0.3, -0.25) is 0 Å². The van der Waals surface area contributed by atoms with Crippen LogP contribution in [0.25, 0.3) is 23.3 Å². The SMILES string of the molecule is Br/C=C/c1ccc2c(c1/C=C/Br)Cc1ccccc1-2. The fraction of sp³-hybridized carbons (Fsp3) is 0.0588. The molecule has 0 amide bonds. The molecule has 0 heterocycles. The van der Waals surface area contributed by atoms with Crippen molar-refractivity contribution in [1.29, 1.82) is 0 Å². The third-order valence-corrected chi connectivity index (χ3v) is 4.07. The lowest BCUT2D eigenvalue weighted by molar-refractivity contribution is 1.25. The van der Waals surface area contributed by atoms with Crippen molar-refractivity contribution in [3.05, 3.63) is 68.6 Å². The van der Waals surface area contributed by atoms with Crippen molar-refractivity contribution in [2.45, 2.75) is 6.42 Å². The number of benzene rings is 2. The van der Waals surface area contributed by atoms with Crippen molar-refractivity contribution in [3.63, 3.8) is 0 Å². The lowest BCUT2D eigenvalue weighted by Crippen LogP contribution is -1.90. The summed E-state index contributed by atoms with van der Waals surface area (Å²) in [5.74, 6) is 0. The lowest BCUT2D eigenvalue weighted by Gasteiger charge is -2.08. The molecular formula is C17H12Br2. The Labute approximate surface area is 130 Å². The highest BCUT2D eigenvalue weighted by molar-refractivity contribution is 9.11. The van der Waals surface area contributed by atoms with Crippen molar-refractivity contribution < 1.29 is 0 Å². The van der Waals surface area contributed by atoms with Crippen LogP contribution in [-0.2, 0) is 6.42 Å². The Morgan fingerprint density at radius 2 is 1.63 bits per heavy atom. The zero-order chi connectivity index (χ0) is 13.2. The first-order valence-corrected chi connectivity index (χ1v) is 7.96. The van der Waals surface area contributed by atoms with Gasteiger partial charge in [0, 0.05) is 0 Å². The van der Waals surface area contributed by atoms with Gasteiger partial charge in [-0.15, -0.1) is 0 Å². The average molecular weight is 376 g/mol. The van der Waals surface area contributed by atoms with Crippen molar-refractivity contribution in [2.24, 2.45) is 0 Å². The first kappa shape index (κ1) is 12.9. The number of hydrogen-bond acceptors (Lipinski definition) is 0. The van der Waals surface area contributed by atoms with Gasteiger partial charge >= 0.3 is 0 Å². The van der Waals surface area contributed by atoms with E-state index >= 15 is 0 Å². The van der Waals surface area contributed by atoms with E-state index in [-0.39, 0.29) is 0 Å². The van der Waals surface area contributed by atoms with Crippen LogP contribution in [0.4, 0.5) is 0 Å². The van der Waals surface area contributed by atoms with Crippen LogP contribution in [0, 0.1) is 0 Å². The molecular weight excluding hydrogens is 364 g/mol. The van der Waals surface area contributed by atoms with E-state index in [9.17, 15) is 0 Å². The van der Waals surface area contributed by atoms with Gasteiger partial charge in [-0.2, -0.15) is 0 Å². The summed E-state index contributed by atoms with van der Waals surface area (Å²) in [6, 6.07) is 13.1. The molecule has 0 unspecified atom stereocenters. The molecule has 0 saturated heterocycles. The second kappa shape index (κ2) is 5.48. The quantitative estimate of drug-likeness (QED) is 0.516. The molecule has 2 aromatic rings. The van der Waals surface area contributed by atoms with Crippen LogP contribution in [0.15, 0.2) is 46.4 Å². The molecule has 1 aliphatic carbocycles. The number of fused-ring (bicyclic) bond motifs is 3. The Balaban J connectivity index is 2.24. The zero-order valence-electron chi connectivity index (χ0n) is 10.2. The Morgan fingerprint density at radius 1 is 0.842 bits per heavy atom.